The van der Waals surface area contributed by atoms with Crippen molar-refractivity contribution < 1.29 is 34.2 Å². The molecule has 0 rings (SSSR count). The summed E-state index contributed by atoms with van der Waals surface area (Å²) in [7, 11) is 0. The number of carbonyl (C=O) groups excluding carboxylic acids is 3. The number of amides is 3. The summed E-state index contributed by atoms with van der Waals surface area (Å²) in [6.45, 7) is 7.07. The highest BCUT2D eigenvalue weighted by molar-refractivity contribution is 7.80. The van der Waals surface area contributed by atoms with E-state index in [2.05, 4.69) is 28.6 Å². The van der Waals surface area contributed by atoms with E-state index >= 15 is 0 Å². The zero-order chi connectivity index (χ0) is 24.3. The first-order valence-corrected chi connectivity index (χ1v) is 10.7. The third-order valence-electron chi connectivity index (χ3n) is 4.89. The Labute approximate surface area is 187 Å². The Kier molecular flexibility index (Phi) is 12.8. The Morgan fingerprint density at radius 3 is 1.87 bits per heavy atom. The molecule has 7 N–H and O–H groups in total. The predicted molar refractivity (Wildman–Crippen MR) is 116 cm³/mol. The Morgan fingerprint density at radius 1 is 0.903 bits per heavy atom. The summed E-state index contributed by atoms with van der Waals surface area (Å²) in [6.07, 6.45) is -0.171. The summed E-state index contributed by atoms with van der Waals surface area (Å²) in [5, 5.41) is 25.3. The van der Waals surface area contributed by atoms with Crippen LogP contribution in [0.3, 0.4) is 0 Å². The molecule has 5 atom stereocenters. The molecule has 0 aromatic heterocycles. The maximum atomic E-state index is 12.9. The Morgan fingerprint density at radius 2 is 1.45 bits per heavy atom. The Hall–Kier alpha value is -2.34. The quantitative estimate of drug-likeness (QED) is 0.166. The lowest BCUT2D eigenvalue weighted by atomic mass is 9.96. The van der Waals surface area contributed by atoms with Gasteiger partial charge >= 0.3 is 11.9 Å². The van der Waals surface area contributed by atoms with E-state index in [9.17, 15) is 24.0 Å². The van der Waals surface area contributed by atoms with Crippen LogP contribution in [-0.2, 0) is 24.0 Å². The summed E-state index contributed by atoms with van der Waals surface area (Å²) in [4.78, 5) is 59.9. The fraction of sp³-hybridized carbons (Fsp3) is 0.737. The Bertz CT molecular complexity index is 659. The first kappa shape index (κ1) is 28.7. The first-order valence-electron chi connectivity index (χ1n) is 10.1. The van der Waals surface area contributed by atoms with Crippen molar-refractivity contribution in [3.05, 3.63) is 0 Å². The summed E-state index contributed by atoms with van der Waals surface area (Å²) < 4.78 is 0. The third-order valence-corrected chi connectivity index (χ3v) is 5.26. The van der Waals surface area contributed by atoms with Crippen molar-refractivity contribution in [1.29, 1.82) is 0 Å². The summed E-state index contributed by atoms with van der Waals surface area (Å²) in [6, 6.07) is -4.47. The van der Waals surface area contributed by atoms with E-state index in [1.807, 2.05) is 6.92 Å². The maximum absolute atomic E-state index is 12.9. The number of nitrogens with one attached hydrogen (secondary N) is 3. The molecule has 3 amide bonds. The van der Waals surface area contributed by atoms with E-state index in [1.165, 1.54) is 0 Å². The molecular weight excluding hydrogens is 428 g/mol. The van der Waals surface area contributed by atoms with Crippen molar-refractivity contribution in [3.8, 4) is 0 Å². The minimum atomic E-state index is -1.32. The van der Waals surface area contributed by atoms with Gasteiger partial charge in [-0.2, -0.15) is 12.6 Å². The number of thiol groups is 1. The van der Waals surface area contributed by atoms with Crippen LogP contribution in [-0.4, -0.2) is 69.8 Å². The second kappa shape index (κ2) is 13.9. The molecule has 31 heavy (non-hydrogen) atoms. The van der Waals surface area contributed by atoms with Crippen LogP contribution in [0.4, 0.5) is 0 Å². The molecule has 0 aliphatic rings. The molecule has 0 saturated heterocycles. The summed E-state index contributed by atoms with van der Waals surface area (Å²) in [5.74, 6) is -5.25. The lowest BCUT2D eigenvalue weighted by molar-refractivity contribution is -0.142. The van der Waals surface area contributed by atoms with Crippen LogP contribution in [0, 0.1) is 11.8 Å². The summed E-state index contributed by atoms with van der Waals surface area (Å²) in [5.41, 5.74) is 5.84. The van der Waals surface area contributed by atoms with Gasteiger partial charge in [-0.05, 0) is 18.3 Å². The average molecular weight is 463 g/mol. The molecule has 178 valence electrons. The van der Waals surface area contributed by atoms with E-state index in [-0.39, 0.29) is 24.0 Å². The fourth-order valence-electron chi connectivity index (χ4n) is 2.51. The summed E-state index contributed by atoms with van der Waals surface area (Å²) >= 11 is 3.86. The number of hydrogen-bond acceptors (Lipinski definition) is 7. The van der Waals surface area contributed by atoms with Crippen LogP contribution >= 0.6 is 12.6 Å². The third kappa shape index (κ3) is 10.0. The van der Waals surface area contributed by atoms with Gasteiger partial charge in [0.05, 0.1) is 6.04 Å². The number of hydrogen-bond donors (Lipinski definition) is 7. The molecule has 0 aliphatic heterocycles. The highest BCUT2D eigenvalue weighted by Gasteiger charge is 2.32. The minimum absolute atomic E-state index is 0.163. The molecule has 0 radical (unpaired) electrons. The second-order valence-corrected chi connectivity index (χ2v) is 8.08. The van der Waals surface area contributed by atoms with Crippen LogP contribution in [0.2, 0.25) is 0 Å². The number of aliphatic carboxylic acids is 2. The topological polar surface area (TPSA) is 188 Å². The van der Waals surface area contributed by atoms with Crippen molar-refractivity contribution in [2.45, 2.75) is 71.1 Å². The number of nitrogens with two attached hydrogens (primary N) is 1. The highest BCUT2D eigenvalue weighted by atomic mass is 32.1. The van der Waals surface area contributed by atoms with Crippen molar-refractivity contribution >= 4 is 42.3 Å². The SMILES string of the molecule is CCC(C)C(NC(=O)C(N)C(C)C)C(=O)NC(CCC(=O)O)C(=O)NC(CS)C(=O)O. The van der Waals surface area contributed by atoms with Gasteiger partial charge in [-0.25, -0.2) is 4.79 Å². The van der Waals surface area contributed by atoms with Gasteiger partial charge in [0.25, 0.3) is 0 Å². The van der Waals surface area contributed by atoms with Gasteiger partial charge in [-0.1, -0.05) is 34.1 Å². The molecule has 0 saturated carbocycles. The monoisotopic (exact) mass is 462 g/mol. The van der Waals surface area contributed by atoms with E-state index in [0.29, 0.717) is 6.42 Å². The van der Waals surface area contributed by atoms with E-state index in [0.717, 1.165) is 0 Å². The molecule has 12 heteroatoms. The van der Waals surface area contributed by atoms with E-state index < -0.39 is 60.2 Å². The molecular formula is C19H34N4O7S. The molecule has 0 aromatic rings. The molecule has 5 unspecified atom stereocenters. The lowest BCUT2D eigenvalue weighted by Gasteiger charge is -2.28. The smallest absolute Gasteiger partial charge is 0.327 e. The fourth-order valence-corrected chi connectivity index (χ4v) is 2.76. The van der Waals surface area contributed by atoms with Crippen LogP contribution in [0.25, 0.3) is 0 Å². The van der Waals surface area contributed by atoms with Gasteiger partial charge in [-0.15, -0.1) is 0 Å². The molecule has 11 nitrogen and oxygen atoms in total. The zero-order valence-corrected chi connectivity index (χ0v) is 19.1. The molecule has 0 aromatic carbocycles. The van der Waals surface area contributed by atoms with Gasteiger partial charge in [-0.3, -0.25) is 19.2 Å². The zero-order valence-electron chi connectivity index (χ0n) is 18.3. The molecule has 0 aliphatic carbocycles. The normalized spacial score (nSPS) is 15.8. The largest absolute Gasteiger partial charge is 0.481 e. The van der Waals surface area contributed by atoms with Gasteiger partial charge in [0.2, 0.25) is 17.7 Å². The van der Waals surface area contributed by atoms with Gasteiger partial charge in [0.1, 0.15) is 18.1 Å². The van der Waals surface area contributed by atoms with Gasteiger partial charge in [0, 0.05) is 12.2 Å². The molecule has 0 bridgehead atoms. The minimum Gasteiger partial charge on any atom is -0.481 e. The highest BCUT2D eigenvalue weighted by Crippen LogP contribution is 2.11. The van der Waals surface area contributed by atoms with Crippen LogP contribution in [0.5, 0.6) is 0 Å². The van der Waals surface area contributed by atoms with Gasteiger partial charge in [0.15, 0.2) is 0 Å². The van der Waals surface area contributed by atoms with Crippen molar-refractivity contribution in [1.82, 2.24) is 16.0 Å². The van der Waals surface area contributed by atoms with E-state index in [1.54, 1.807) is 20.8 Å². The number of carboxylic acid groups (broad SMARTS) is 2. The van der Waals surface area contributed by atoms with Crippen LogP contribution < -0.4 is 21.7 Å². The van der Waals surface area contributed by atoms with Crippen LogP contribution in [0.15, 0.2) is 0 Å². The number of carbonyl (C=O) groups is 5. The first-order chi connectivity index (χ1) is 14.3. The second-order valence-electron chi connectivity index (χ2n) is 7.72. The molecule has 0 heterocycles. The maximum Gasteiger partial charge on any atom is 0.327 e. The van der Waals surface area contributed by atoms with E-state index in [4.69, 9.17) is 15.9 Å². The molecule has 0 fully saturated rings. The average Bonchev–Trinajstić information content (AvgIpc) is 2.70. The van der Waals surface area contributed by atoms with Crippen LogP contribution in [0.1, 0.15) is 47.0 Å². The number of rotatable bonds is 14. The molecule has 0 spiro atoms. The van der Waals surface area contributed by atoms with Gasteiger partial charge < -0.3 is 31.9 Å². The standard InChI is InChI=1S/C19H34N4O7S/c1-5-10(4)15(23-17(27)14(20)9(2)3)18(28)21-11(6-7-13(24)25)16(26)22-12(8-31)19(29)30/h9-12,14-15,31H,5-8,20H2,1-4H3,(H,21,28)(H,22,26)(H,23,27)(H,24,25)(H,29,30). The lowest BCUT2D eigenvalue weighted by Crippen LogP contribution is -2.59. The Balaban J connectivity index is 5.54. The predicted octanol–water partition coefficient (Wildman–Crippen LogP) is -0.651. The number of carboxylic acids is 2. The van der Waals surface area contributed by atoms with Crippen molar-refractivity contribution in [2.75, 3.05) is 5.75 Å². The van der Waals surface area contributed by atoms with Crippen molar-refractivity contribution in [3.63, 3.8) is 0 Å². The van der Waals surface area contributed by atoms with Crippen molar-refractivity contribution in [2.24, 2.45) is 17.6 Å².